The summed E-state index contributed by atoms with van der Waals surface area (Å²) in [4.78, 5) is 19.9. The molecule has 1 aromatic carbocycles. The van der Waals surface area contributed by atoms with Crippen molar-refractivity contribution in [2.75, 3.05) is 20.2 Å². The number of amides is 1. The number of alkyl carbamates (subject to hydrolysis) is 1. The quantitative estimate of drug-likeness (QED) is 0.671. The second kappa shape index (κ2) is 8.74. The molecule has 0 aliphatic carbocycles. The van der Waals surface area contributed by atoms with Crippen molar-refractivity contribution in [2.24, 2.45) is 17.8 Å². The summed E-state index contributed by atoms with van der Waals surface area (Å²) in [6.07, 6.45) is 4.06. The normalized spacial score (nSPS) is 28.2. The monoisotopic (exact) mass is 437 g/mol. The van der Waals surface area contributed by atoms with Crippen LogP contribution >= 0.6 is 0 Å². The first-order valence-corrected chi connectivity index (χ1v) is 11.5. The fourth-order valence-electron chi connectivity index (χ4n) is 5.40. The summed E-state index contributed by atoms with van der Waals surface area (Å²) in [6.45, 7) is 14.2. The Morgan fingerprint density at radius 2 is 2.09 bits per heavy atom. The molecule has 4 heterocycles. The number of hydrogen-bond acceptors (Lipinski definition) is 5. The number of methoxy groups -OCH3 is 1. The fourth-order valence-corrected chi connectivity index (χ4v) is 5.40. The lowest BCUT2D eigenvalue weighted by Gasteiger charge is -2.54. The summed E-state index contributed by atoms with van der Waals surface area (Å²) in [5, 5.41) is 3.92. The Morgan fingerprint density at radius 1 is 1.31 bits per heavy atom. The van der Waals surface area contributed by atoms with Crippen molar-refractivity contribution < 1.29 is 14.3 Å². The van der Waals surface area contributed by atoms with Gasteiger partial charge in [-0.3, -0.25) is 9.88 Å². The molecule has 2 bridgehead atoms. The molecule has 0 radical (unpaired) electrons. The number of fused-ring (bicyclic) bond motifs is 4. The van der Waals surface area contributed by atoms with Crippen LogP contribution in [0.1, 0.15) is 45.8 Å². The number of aromatic nitrogens is 1. The van der Waals surface area contributed by atoms with E-state index in [0.29, 0.717) is 17.8 Å². The number of carbonyl (C=O) groups is 1. The molecule has 5 rings (SSSR count). The van der Waals surface area contributed by atoms with Gasteiger partial charge >= 0.3 is 6.09 Å². The molecule has 2 aromatic rings. The van der Waals surface area contributed by atoms with Crippen LogP contribution in [0.25, 0.3) is 10.9 Å². The minimum Gasteiger partial charge on any atom is -0.497 e. The number of ether oxygens (including phenoxy) is 2. The van der Waals surface area contributed by atoms with E-state index in [2.05, 4.69) is 34.8 Å². The van der Waals surface area contributed by atoms with Crippen LogP contribution in [0.4, 0.5) is 4.79 Å². The van der Waals surface area contributed by atoms with E-state index in [4.69, 9.17) is 9.47 Å². The molecule has 172 valence electrons. The van der Waals surface area contributed by atoms with Gasteiger partial charge in [0.1, 0.15) is 11.9 Å². The Balaban J connectivity index is 1.75. The summed E-state index contributed by atoms with van der Waals surface area (Å²) >= 11 is 0. The maximum Gasteiger partial charge on any atom is 0.408 e. The van der Waals surface area contributed by atoms with Crippen LogP contribution in [-0.4, -0.2) is 47.8 Å². The van der Waals surface area contributed by atoms with E-state index in [0.717, 1.165) is 41.7 Å². The SMILES string of the molecule is C=C[C@H]1CN2CC(C)[C@@H]1C[C@@H]2[C@@H](OC(=O)NC(C)(C)C)c1ccnc2ccc(OC)cc12. The van der Waals surface area contributed by atoms with Gasteiger partial charge in [-0.15, -0.1) is 6.58 Å². The molecular weight excluding hydrogens is 402 g/mol. The van der Waals surface area contributed by atoms with Crippen molar-refractivity contribution in [3.8, 4) is 5.75 Å². The predicted octanol–water partition coefficient (Wildman–Crippen LogP) is 4.95. The lowest BCUT2D eigenvalue weighted by atomic mass is 9.68. The van der Waals surface area contributed by atoms with Crippen molar-refractivity contribution in [1.29, 1.82) is 0 Å². The zero-order valence-corrected chi connectivity index (χ0v) is 19.8. The Morgan fingerprint density at radius 3 is 2.75 bits per heavy atom. The van der Waals surface area contributed by atoms with E-state index in [1.54, 1.807) is 13.3 Å². The predicted molar refractivity (Wildman–Crippen MR) is 127 cm³/mol. The minimum absolute atomic E-state index is 0.106. The number of nitrogens with one attached hydrogen (secondary N) is 1. The van der Waals surface area contributed by atoms with Crippen LogP contribution in [0.2, 0.25) is 0 Å². The summed E-state index contributed by atoms with van der Waals surface area (Å²) in [6, 6.07) is 7.93. The molecule has 1 N–H and O–H groups in total. The van der Waals surface area contributed by atoms with Crippen LogP contribution in [0.5, 0.6) is 5.75 Å². The third kappa shape index (κ3) is 4.46. The van der Waals surface area contributed by atoms with E-state index in [-0.39, 0.29) is 11.6 Å². The molecule has 3 aliphatic heterocycles. The Kier molecular flexibility index (Phi) is 6.17. The molecule has 1 amide bonds. The minimum atomic E-state index is -0.407. The molecule has 3 fully saturated rings. The van der Waals surface area contributed by atoms with Gasteiger partial charge in [0.25, 0.3) is 0 Å². The first-order valence-electron chi connectivity index (χ1n) is 11.5. The summed E-state index contributed by atoms with van der Waals surface area (Å²) in [5.41, 5.74) is 1.46. The van der Waals surface area contributed by atoms with Crippen LogP contribution in [0.3, 0.4) is 0 Å². The molecule has 1 aromatic heterocycles. The number of benzene rings is 1. The molecule has 6 nitrogen and oxygen atoms in total. The van der Waals surface area contributed by atoms with E-state index >= 15 is 0 Å². The van der Waals surface area contributed by atoms with Crippen molar-refractivity contribution in [1.82, 2.24) is 15.2 Å². The second-order valence-electron chi connectivity index (χ2n) is 10.3. The molecule has 0 spiro atoms. The summed E-state index contributed by atoms with van der Waals surface area (Å²) in [5.74, 6) is 2.38. The first kappa shape index (κ1) is 22.6. The van der Waals surface area contributed by atoms with Crippen LogP contribution in [-0.2, 0) is 4.74 Å². The van der Waals surface area contributed by atoms with Gasteiger partial charge in [0.2, 0.25) is 0 Å². The average molecular weight is 438 g/mol. The van der Waals surface area contributed by atoms with Gasteiger partial charge in [-0.2, -0.15) is 0 Å². The lowest BCUT2D eigenvalue weighted by molar-refractivity contribution is -0.0742. The maximum absolute atomic E-state index is 12.9. The van der Waals surface area contributed by atoms with Crippen molar-refractivity contribution in [3.05, 3.63) is 48.7 Å². The summed E-state index contributed by atoms with van der Waals surface area (Å²) in [7, 11) is 1.66. The summed E-state index contributed by atoms with van der Waals surface area (Å²) < 4.78 is 11.7. The number of piperidine rings is 3. The largest absolute Gasteiger partial charge is 0.497 e. The number of nitrogens with zero attached hydrogens (tertiary/aromatic N) is 2. The first-order chi connectivity index (χ1) is 15.2. The highest BCUT2D eigenvalue weighted by molar-refractivity contribution is 5.84. The number of rotatable bonds is 5. The maximum atomic E-state index is 12.9. The Bertz CT molecular complexity index is 999. The van der Waals surface area contributed by atoms with Crippen molar-refractivity contribution >= 4 is 17.0 Å². The second-order valence-corrected chi connectivity index (χ2v) is 10.3. The molecule has 2 unspecified atom stereocenters. The third-order valence-corrected chi connectivity index (χ3v) is 6.88. The van der Waals surface area contributed by atoms with Crippen LogP contribution in [0, 0.1) is 17.8 Å². The van der Waals surface area contributed by atoms with E-state index in [9.17, 15) is 4.79 Å². The lowest BCUT2D eigenvalue weighted by Crippen LogP contribution is -2.59. The number of pyridine rings is 1. The topological polar surface area (TPSA) is 63.7 Å². The van der Waals surface area contributed by atoms with Gasteiger partial charge in [0, 0.05) is 35.8 Å². The fraction of sp³-hybridized carbons (Fsp3) is 0.538. The molecule has 6 heteroatoms. The van der Waals surface area contributed by atoms with Crippen LogP contribution in [0.15, 0.2) is 43.1 Å². The molecule has 32 heavy (non-hydrogen) atoms. The van der Waals surface area contributed by atoms with Crippen molar-refractivity contribution in [2.45, 2.75) is 51.8 Å². The molecule has 3 saturated heterocycles. The third-order valence-electron chi connectivity index (χ3n) is 6.88. The van der Waals surface area contributed by atoms with Gasteiger partial charge < -0.3 is 14.8 Å². The van der Waals surface area contributed by atoms with E-state index in [1.165, 1.54) is 0 Å². The molecule has 6 atom stereocenters. The standard InChI is InChI=1S/C26H35N3O3/c1-7-17-15-29-14-16(2)20(17)13-23(29)24(32-25(30)28-26(3,4)5)19-10-11-27-22-9-8-18(31-6)12-21(19)22/h7-12,16-17,20,23-24H,1,13-15H2,2-6H3,(H,28,30)/t16?,17-,20-,23+,24-/m0/s1. The highest BCUT2D eigenvalue weighted by Crippen LogP contribution is 2.45. The average Bonchev–Trinajstić information content (AvgIpc) is 2.75. The smallest absolute Gasteiger partial charge is 0.408 e. The highest BCUT2D eigenvalue weighted by Gasteiger charge is 2.47. The molecule has 3 aliphatic rings. The highest BCUT2D eigenvalue weighted by atomic mass is 16.6. The van der Waals surface area contributed by atoms with Gasteiger partial charge in [-0.05, 0) is 69.2 Å². The van der Waals surface area contributed by atoms with Gasteiger partial charge in [0.15, 0.2) is 0 Å². The van der Waals surface area contributed by atoms with E-state index in [1.807, 2.05) is 45.0 Å². The van der Waals surface area contributed by atoms with E-state index < -0.39 is 12.2 Å². The Labute approximate surface area is 191 Å². The van der Waals surface area contributed by atoms with Gasteiger partial charge in [0.05, 0.1) is 18.7 Å². The van der Waals surface area contributed by atoms with Crippen LogP contribution < -0.4 is 10.1 Å². The molecule has 0 saturated carbocycles. The number of carbonyl (C=O) groups excluding carboxylic acids is 1. The number of hydrogen-bond donors (Lipinski definition) is 1. The Hall–Kier alpha value is -2.60. The van der Waals surface area contributed by atoms with Gasteiger partial charge in [-0.25, -0.2) is 4.79 Å². The molecular formula is C26H35N3O3. The zero-order valence-electron chi connectivity index (χ0n) is 19.8. The zero-order chi connectivity index (χ0) is 23.0. The van der Waals surface area contributed by atoms with Crippen molar-refractivity contribution in [3.63, 3.8) is 0 Å². The van der Waals surface area contributed by atoms with Gasteiger partial charge in [-0.1, -0.05) is 13.0 Å².